The number of carbonyl (C=O) groups excluding carboxylic acids is 2. The summed E-state index contributed by atoms with van der Waals surface area (Å²) in [6.07, 6.45) is 0.835. The lowest BCUT2D eigenvalue weighted by Crippen LogP contribution is -2.17. The summed E-state index contributed by atoms with van der Waals surface area (Å²) < 4.78 is 0. The maximum absolute atomic E-state index is 10.1. The summed E-state index contributed by atoms with van der Waals surface area (Å²) in [5.74, 6) is -0.530. The van der Waals surface area contributed by atoms with Crippen LogP contribution >= 0.6 is 0 Å². The summed E-state index contributed by atoms with van der Waals surface area (Å²) in [6, 6.07) is 0. The van der Waals surface area contributed by atoms with Crippen molar-refractivity contribution in [2.75, 3.05) is 0 Å². The minimum atomic E-state index is -0.530. The number of hydroxylamine groups is 1. The molecule has 0 spiro atoms. The maximum atomic E-state index is 10.1. The molecule has 0 saturated carbocycles. The van der Waals surface area contributed by atoms with Gasteiger partial charge in [0, 0.05) is 12.8 Å². The molecule has 0 aromatic heterocycles. The lowest BCUT2D eigenvalue weighted by Gasteiger charge is -1.89. The monoisotopic (exact) mass is 117 g/mol. The SMILES string of the molecule is O=CCCC(=O)NO. The summed E-state index contributed by atoms with van der Waals surface area (Å²) in [4.78, 5) is 19.6. The molecule has 0 saturated heterocycles. The average molecular weight is 117 g/mol. The van der Waals surface area contributed by atoms with Gasteiger partial charge >= 0.3 is 0 Å². The van der Waals surface area contributed by atoms with E-state index in [1.54, 1.807) is 0 Å². The van der Waals surface area contributed by atoms with Crippen LogP contribution < -0.4 is 5.48 Å². The predicted octanol–water partition coefficient (Wildman–Crippen LogP) is -0.529. The Kier molecular flexibility index (Phi) is 3.78. The van der Waals surface area contributed by atoms with Crippen LogP contribution in [0.2, 0.25) is 0 Å². The lowest BCUT2D eigenvalue weighted by molar-refractivity contribution is -0.130. The van der Waals surface area contributed by atoms with E-state index in [4.69, 9.17) is 5.21 Å². The third-order valence-corrected chi connectivity index (χ3v) is 0.614. The van der Waals surface area contributed by atoms with Gasteiger partial charge in [-0.3, -0.25) is 10.0 Å². The van der Waals surface area contributed by atoms with Gasteiger partial charge in [0.15, 0.2) is 0 Å². The normalized spacial score (nSPS) is 8.12. The van der Waals surface area contributed by atoms with Gasteiger partial charge < -0.3 is 4.79 Å². The van der Waals surface area contributed by atoms with Crippen molar-refractivity contribution in [1.29, 1.82) is 0 Å². The fourth-order valence-corrected chi connectivity index (χ4v) is 0.246. The number of amides is 1. The zero-order valence-electron chi connectivity index (χ0n) is 4.26. The third-order valence-electron chi connectivity index (χ3n) is 0.614. The van der Waals surface area contributed by atoms with Gasteiger partial charge in [-0.15, -0.1) is 0 Å². The highest BCUT2D eigenvalue weighted by atomic mass is 16.5. The number of hydrogen-bond acceptors (Lipinski definition) is 3. The first-order valence-electron chi connectivity index (χ1n) is 2.18. The van der Waals surface area contributed by atoms with E-state index in [1.807, 2.05) is 0 Å². The van der Waals surface area contributed by atoms with Gasteiger partial charge in [0.2, 0.25) is 5.91 Å². The van der Waals surface area contributed by atoms with Crippen molar-refractivity contribution in [2.45, 2.75) is 12.8 Å². The summed E-state index contributed by atoms with van der Waals surface area (Å²) >= 11 is 0. The highest BCUT2D eigenvalue weighted by Gasteiger charge is 1.94. The highest BCUT2D eigenvalue weighted by Crippen LogP contribution is 1.80. The molecular weight excluding hydrogens is 110 g/mol. The largest absolute Gasteiger partial charge is 0.303 e. The standard InChI is InChI=1S/C4H7NO3/c6-3-1-2-4(7)5-8/h3,8H,1-2H2,(H,5,7). The van der Waals surface area contributed by atoms with Gasteiger partial charge in [-0.05, 0) is 0 Å². The number of nitrogens with one attached hydrogen (secondary N) is 1. The quantitative estimate of drug-likeness (QED) is 0.296. The fraction of sp³-hybridized carbons (Fsp3) is 0.500. The molecule has 0 aromatic carbocycles. The van der Waals surface area contributed by atoms with Crippen molar-refractivity contribution < 1.29 is 14.8 Å². The van der Waals surface area contributed by atoms with E-state index in [0.717, 1.165) is 0 Å². The Morgan fingerprint density at radius 3 is 2.75 bits per heavy atom. The van der Waals surface area contributed by atoms with E-state index >= 15 is 0 Å². The molecule has 0 aliphatic carbocycles. The molecule has 0 heterocycles. The highest BCUT2D eigenvalue weighted by molar-refractivity contribution is 5.76. The summed E-state index contributed by atoms with van der Waals surface area (Å²) in [5, 5.41) is 7.85. The zero-order valence-corrected chi connectivity index (χ0v) is 4.26. The smallest absolute Gasteiger partial charge is 0.243 e. The van der Waals surface area contributed by atoms with Crippen LogP contribution in [0.1, 0.15) is 12.8 Å². The minimum absolute atomic E-state index is 0.0556. The van der Waals surface area contributed by atoms with Crippen LogP contribution in [-0.4, -0.2) is 17.4 Å². The molecule has 0 aromatic rings. The van der Waals surface area contributed by atoms with Crippen molar-refractivity contribution >= 4 is 12.2 Å². The molecule has 4 nitrogen and oxygen atoms in total. The van der Waals surface area contributed by atoms with E-state index in [-0.39, 0.29) is 12.8 Å². The Morgan fingerprint density at radius 1 is 1.75 bits per heavy atom. The number of aldehydes is 1. The summed E-state index contributed by atoms with van der Waals surface area (Å²) in [5.41, 5.74) is 1.40. The molecule has 4 heteroatoms. The van der Waals surface area contributed by atoms with Crippen LogP contribution in [0.3, 0.4) is 0 Å². The summed E-state index contributed by atoms with van der Waals surface area (Å²) in [7, 11) is 0. The van der Waals surface area contributed by atoms with Crippen LogP contribution in [0, 0.1) is 0 Å². The van der Waals surface area contributed by atoms with E-state index in [9.17, 15) is 9.59 Å². The Balaban J connectivity index is 3.11. The summed E-state index contributed by atoms with van der Waals surface area (Å²) in [6.45, 7) is 0. The van der Waals surface area contributed by atoms with Crippen molar-refractivity contribution in [3.8, 4) is 0 Å². The molecule has 0 aliphatic heterocycles. The molecule has 0 unspecified atom stereocenters. The van der Waals surface area contributed by atoms with E-state index < -0.39 is 5.91 Å². The number of hydrogen-bond donors (Lipinski definition) is 2. The van der Waals surface area contributed by atoms with Crippen molar-refractivity contribution in [3.05, 3.63) is 0 Å². The van der Waals surface area contributed by atoms with Gasteiger partial charge in [0.05, 0.1) is 0 Å². The van der Waals surface area contributed by atoms with Crippen LogP contribution in [0.4, 0.5) is 0 Å². The van der Waals surface area contributed by atoms with E-state index in [1.165, 1.54) is 5.48 Å². The minimum Gasteiger partial charge on any atom is -0.303 e. The number of rotatable bonds is 3. The van der Waals surface area contributed by atoms with Crippen molar-refractivity contribution in [1.82, 2.24) is 5.48 Å². The van der Waals surface area contributed by atoms with Crippen LogP contribution in [0.25, 0.3) is 0 Å². The molecule has 46 valence electrons. The second-order valence-electron chi connectivity index (χ2n) is 1.24. The Morgan fingerprint density at radius 2 is 2.38 bits per heavy atom. The molecule has 0 atom stereocenters. The van der Waals surface area contributed by atoms with E-state index in [0.29, 0.717) is 6.29 Å². The van der Waals surface area contributed by atoms with Crippen LogP contribution in [0.5, 0.6) is 0 Å². The molecule has 0 rings (SSSR count). The van der Waals surface area contributed by atoms with E-state index in [2.05, 4.69) is 0 Å². The first-order valence-corrected chi connectivity index (χ1v) is 2.18. The number of carbonyl (C=O) groups is 2. The van der Waals surface area contributed by atoms with Crippen LogP contribution in [-0.2, 0) is 9.59 Å². The fourth-order valence-electron chi connectivity index (χ4n) is 0.246. The van der Waals surface area contributed by atoms with Gasteiger partial charge in [-0.1, -0.05) is 0 Å². The van der Waals surface area contributed by atoms with Gasteiger partial charge in [0.25, 0.3) is 0 Å². The van der Waals surface area contributed by atoms with Crippen molar-refractivity contribution in [2.24, 2.45) is 0 Å². The second-order valence-corrected chi connectivity index (χ2v) is 1.24. The molecule has 0 radical (unpaired) electrons. The lowest BCUT2D eigenvalue weighted by atomic mass is 10.3. The third kappa shape index (κ3) is 3.30. The predicted molar refractivity (Wildman–Crippen MR) is 25.2 cm³/mol. The Hall–Kier alpha value is -0.900. The zero-order chi connectivity index (χ0) is 6.41. The Labute approximate surface area is 46.5 Å². The molecular formula is C4H7NO3. The molecule has 0 aliphatic rings. The molecule has 2 N–H and O–H groups in total. The first-order chi connectivity index (χ1) is 3.81. The molecule has 8 heavy (non-hydrogen) atoms. The average Bonchev–Trinajstić information content (AvgIpc) is 1.83. The van der Waals surface area contributed by atoms with Crippen LogP contribution in [0.15, 0.2) is 0 Å². The molecule has 0 fully saturated rings. The second kappa shape index (κ2) is 4.26. The first kappa shape index (κ1) is 7.10. The van der Waals surface area contributed by atoms with Gasteiger partial charge in [0.1, 0.15) is 6.29 Å². The topological polar surface area (TPSA) is 66.4 Å². The molecule has 1 amide bonds. The van der Waals surface area contributed by atoms with Gasteiger partial charge in [-0.2, -0.15) is 0 Å². The van der Waals surface area contributed by atoms with Gasteiger partial charge in [-0.25, -0.2) is 5.48 Å². The maximum Gasteiger partial charge on any atom is 0.243 e. The Bertz CT molecular complexity index is 91.3. The molecule has 0 bridgehead atoms. The van der Waals surface area contributed by atoms with Crippen molar-refractivity contribution in [3.63, 3.8) is 0 Å².